The standard InChI is InChI=1S/C9H17O/c1-5-8(10)9(4,6-2)7-3/h1,5-7H2,2-4H3. The second-order valence-corrected chi connectivity index (χ2v) is 2.94. The SMILES string of the molecule is [CH2]CC(=O)C(C)(CC)CC. The fourth-order valence-electron chi connectivity index (χ4n) is 0.946. The van der Waals surface area contributed by atoms with Crippen LogP contribution in [0.25, 0.3) is 0 Å². The van der Waals surface area contributed by atoms with Gasteiger partial charge in [-0.15, -0.1) is 0 Å². The number of rotatable bonds is 4. The largest absolute Gasteiger partial charge is 0.299 e. The zero-order valence-electron chi connectivity index (χ0n) is 7.24. The number of hydrogen-bond acceptors (Lipinski definition) is 1. The molecule has 1 radical (unpaired) electrons. The van der Waals surface area contributed by atoms with Gasteiger partial charge in [0.25, 0.3) is 0 Å². The molecule has 0 bridgehead atoms. The lowest BCUT2D eigenvalue weighted by Gasteiger charge is -2.23. The lowest BCUT2D eigenvalue weighted by Crippen LogP contribution is -2.25. The van der Waals surface area contributed by atoms with E-state index in [4.69, 9.17) is 0 Å². The highest BCUT2D eigenvalue weighted by Crippen LogP contribution is 2.27. The molecule has 0 aliphatic rings. The number of ketones is 1. The molecule has 0 unspecified atom stereocenters. The van der Waals surface area contributed by atoms with Crippen LogP contribution in [0.5, 0.6) is 0 Å². The van der Waals surface area contributed by atoms with Gasteiger partial charge in [-0.25, -0.2) is 0 Å². The maximum atomic E-state index is 11.2. The Hall–Kier alpha value is -0.330. The minimum absolute atomic E-state index is 0.109. The van der Waals surface area contributed by atoms with Crippen molar-refractivity contribution < 1.29 is 4.79 Å². The normalized spacial score (nSPS) is 11.6. The van der Waals surface area contributed by atoms with E-state index in [9.17, 15) is 4.79 Å². The third-order valence-electron chi connectivity index (χ3n) is 2.46. The number of carbonyl (C=O) groups is 1. The summed E-state index contributed by atoms with van der Waals surface area (Å²) in [6.07, 6.45) is 2.29. The molecule has 0 saturated heterocycles. The molecule has 0 heterocycles. The highest BCUT2D eigenvalue weighted by molar-refractivity contribution is 5.84. The molecule has 0 amide bonds. The molecule has 0 aromatic carbocycles. The summed E-state index contributed by atoms with van der Waals surface area (Å²) in [7, 11) is 0. The van der Waals surface area contributed by atoms with Crippen LogP contribution >= 0.6 is 0 Å². The van der Waals surface area contributed by atoms with E-state index in [1.54, 1.807) is 0 Å². The highest BCUT2D eigenvalue weighted by Gasteiger charge is 2.26. The van der Waals surface area contributed by atoms with E-state index < -0.39 is 0 Å². The van der Waals surface area contributed by atoms with Gasteiger partial charge in [0, 0.05) is 11.8 Å². The molecule has 59 valence electrons. The van der Waals surface area contributed by atoms with E-state index in [0.717, 1.165) is 12.8 Å². The van der Waals surface area contributed by atoms with Gasteiger partial charge >= 0.3 is 0 Å². The van der Waals surface area contributed by atoms with E-state index >= 15 is 0 Å². The van der Waals surface area contributed by atoms with Crippen molar-refractivity contribution in [3.8, 4) is 0 Å². The summed E-state index contributed by atoms with van der Waals surface area (Å²) in [6.45, 7) is 9.72. The zero-order chi connectivity index (χ0) is 8.20. The monoisotopic (exact) mass is 141 g/mol. The van der Waals surface area contributed by atoms with E-state index in [-0.39, 0.29) is 11.2 Å². The van der Waals surface area contributed by atoms with Crippen LogP contribution in [0.15, 0.2) is 0 Å². The fraction of sp³-hybridized carbons (Fsp3) is 0.778. The molecule has 0 fully saturated rings. The second kappa shape index (κ2) is 3.75. The average Bonchev–Trinajstić information content (AvgIpc) is 2.01. The Balaban J connectivity index is 4.17. The summed E-state index contributed by atoms with van der Waals surface area (Å²) in [5.74, 6) is 0.289. The Morgan fingerprint density at radius 1 is 1.40 bits per heavy atom. The molecular weight excluding hydrogens is 124 g/mol. The summed E-state index contributed by atoms with van der Waals surface area (Å²) in [6, 6.07) is 0. The summed E-state index contributed by atoms with van der Waals surface area (Å²) in [5, 5.41) is 0. The first kappa shape index (κ1) is 9.67. The van der Waals surface area contributed by atoms with Gasteiger partial charge in [0.2, 0.25) is 0 Å². The van der Waals surface area contributed by atoms with Gasteiger partial charge in [-0.05, 0) is 19.8 Å². The third kappa shape index (κ3) is 1.83. The summed E-state index contributed by atoms with van der Waals surface area (Å²) < 4.78 is 0. The van der Waals surface area contributed by atoms with Gasteiger partial charge < -0.3 is 0 Å². The highest BCUT2D eigenvalue weighted by atomic mass is 16.1. The van der Waals surface area contributed by atoms with Gasteiger partial charge in [-0.1, -0.05) is 20.8 Å². The lowest BCUT2D eigenvalue weighted by atomic mass is 9.79. The van der Waals surface area contributed by atoms with E-state index in [0.29, 0.717) is 6.42 Å². The molecule has 0 aromatic rings. The maximum absolute atomic E-state index is 11.2. The molecule has 1 heteroatoms. The quantitative estimate of drug-likeness (QED) is 0.588. The maximum Gasteiger partial charge on any atom is 0.138 e. The van der Waals surface area contributed by atoms with Crippen LogP contribution in [-0.4, -0.2) is 5.78 Å². The van der Waals surface area contributed by atoms with Crippen molar-refractivity contribution in [1.29, 1.82) is 0 Å². The van der Waals surface area contributed by atoms with E-state index in [1.807, 2.05) is 6.92 Å². The van der Waals surface area contributed by atoms with Crippen molar-refractivity contribution in [3.63, 3.8) is 0 Å². The van der Waals surface area contributed by atoms with Gasteiger partial charge in [-0.3, -0.25) is 4.79 Å². The molecule has 10 heavy (non-hydrogen) atoms. The van der Waals surface area contributed by atoms with Crippen LogP contribution in [0.2, 0.25) is 0 Å². The minimum atomic E-state index is -0.109. The second-order valence-electron chi connectivity index (χ2n) is 2.94. The van der Waals surface area contributed by atoms with Crippen molar-refractivity contribution in [3.05, 3.63) is 6.92 Å². The molecular formula is C9H17O. The lowest BCUT2D eigenvalue weighted by molar-refractivity contribution is -0.127. The molecule has 0 atom stereocenters. The van der Waals surface area contributed by atoms with E-state index in [2.05, 4.69) is 20.8 Å². The molecule has 0 aliphatic carbocycles. The Labute approximate surface area is 63.8 Å². The van der Waals surface area contributed by atoms with Crippen LogP contribution < -0.4 is 0 Å². The number of Topliss-reactive ketones (excluding diaryl/α,β-unsaturated/α-hetero) is 1. The van der Waals surface area contributed by atoms with Crippen molar-refractivity contribution in [2.75, 3.05) is 0 Å². The molecule has 0 aliphatic heterocycles. The molecule has 1 nitrogen and oxygen atoms in total. The predicted octanol–water partition coefficient (Wildman–Crippen LogP) is 2.61. The van der Waals surface area contributed by atoms with Gasteiger partial charge in [-0.2, -0.15) is 0 Å². The van der Waals surface area contributed by atoms with Crippen LogP contribution in [0.1, 0.15) is 40.0 Å². The average molecular weight is 141 g/mol. The van der Waals surface area contributed by atoms with Crippen LogP contribution in [0.3, 0.4) is 0 Å². The summed E-state index contributed by atoms with van der Waals surface area (Å²) in [5.41, 5.74) is -0.109. The van der Waals surface area contributed by atoms with Crippen molar-refractivity contribution in [2.45, 2.75) is 40.0 Å². The molecule has 0 rings (SSSR count). The van der Waals surface area contributed by atoms with Crippen LogP contribution in [-0.2, 0) is 4.79 Å². The van der Waals surface area contributed by atoms with Crippen LogP contribution in [0, 0.1) is 12.3 Å². The van der Waals surface area contributed by atoms with Crippen molar-refractivity contribution in [1.82, 2.24) is 0 Å². The van der Waals surface area contributed by atoms with Crippen LogP contribution in [0.4, 0.5) is 0 Å². The number of carbonyl (C=O) groups excluding carboxylic acids is 1. The molecule has 0 spiro atoms. The molecule has 0 saturated carbocycles. The van der Waals surface area contributed by atoms with Gasteiger partial charge in [0.1, 0.15) is 5.78 Å². The number of hydrogen-bond donors (Lipinski definition) is 0. The Morgan fingerprint density at radius 2 is 1.80 bits per heavy atom. The first-order valence-corrected chi connectivity index (χ1v) is 3.93. The fourth-order valence-corrected chi connectivity index (χ4v) is 0.946. The van der Waals surface area contributed by atoms with Crippen molar-refractivity contribution >= 4 is 5.78 Å². The molecule has 0 N–H and O–H groups in total. The first-order valence-electron chi connectivity index (χ1n) is 3.93. The van der Waals surface area contributed by atoms with E-state index in [1.165, 1.54) is 0 Å². The first-order chi connectivity index (χ1) is 4.60. The minimum Gasteiger partial charge on any atom is -0.299 e. The Morgan fingerprint density at radius 3 is 1.90 bits per heavy atom. The smallest absolute Gasteiger partial charge is 0.138 e. The summed E-state index contributed by atoms with van der Waals surface area (Å²) >= 11 is 0. The van der Waals surface area contributed by atoms with Gasteiger partial charge in [0.15, 0.2) is 0 Å². The predicted molar refractivity (Wildman–Crippen MR) is 43.7 cm³/mol. The molecule has 0 aromatic heterocycles. The zero-order valence-corrected chi connectivity index (χ0v) is 7.24. The topological polar surface area (TPSA) is 17.1 Å². The van der Waals surface area contributed by atoms with Crippen molar-refractivity contribution in [2.24, 2.45) is 5.41 Å². The Bertz CT molecular complexity index is 112. The third-order valence-corrected chi connectivity index (χ3v) is 2.46. The van der Waals surface area contributed by atoms with Gasteiger partial charge in [0.05, 0.1) is 0 Å². The Kier molecular flexibility index (Phi) is 3.62. The summed E-state index contributed by atoms with van der Waals surface area (Å²) in [4.78, 5) is 11.2.